The first-order valence-electron chi connectivity index (χ1n) is 7.86. The van der Waals surface area contributed by atoms with Crippen LogP contribution in [-0.2, 0) is 16.1 Å². The Morgan fingerprint density at radius 3 is 2.77 bits per heavy atom. The predicted molar refractivity (Wildman–Crippen MR) is 95.2 cm³/mol. The Kier molecular flexibility index (Phi) is 5.18. The normalized spacial score (nSPS) is 13.2. The summed E-state index contributed by atoms with van der Waals surface area (Å²) in [5.74, 6) is 0.186. The van der Waals surface area contributed by atoms with Crippen LogP contribution in [-0.4, -0.2) is 24.8 Å². The van der Waals surface area contributed by atoms with E-state index in [2.05, 4.69) is 5.32 Å². The minimum atomic E-state index is -0.980. The molecule has 0 spiro atoms. The summed E-state index contributed by atoms with van der Waals surface area (Å²) in [6, 6.07) is 9.81. The molecule has 1 heterocycles. The van der Waals surface area contributed by atoms with Crippen molar-refractivity contribution in [2.45, 2.75) is 19.6 Å². The van der Waals surface area contributed by atoms with Crippen LogP contribution in [0.15, 0.2) is 36.4 Å². The van der Waals surface area contributed by atoms with Crippen molar-refractivity contribution in [1.29, 1.82) is 0 Å². The van der Waals surface area contributed by atoms with Gasteiger partial charge in [-0.15, -0.1) is 0 Å². The van der Waals surface area contributed by atoms with Crippen molar-refractivity contribution in [1.82, 2.24) is 5.32 Å². The molecule has 136 valence electrons. The molecule has 7 nitrogen and oxygen atoms in total. The first kappa shape index (κ1) is 17.9. The molecule has 0 saturated heterocycles. The van der Waals surface area contributed by atoms with Crippen molar-refractivity contribution in [3.63, 3.8) is 0 Å². The molecular formula is C18H17ClN2O5. The summed E-state index contributed by atoms with van der Waals surface area (Å²) >= 11 is 5.80. The SMILES string of the molecule is C[C@H](OC(=O)c1ccc(Cl)cc1N)C(=O)NCc1ccc2c(c1)OCO2. The maximum absolute atomic E-state index is 12.2. The van der Waals surface area contributed by atoms with E-state index in [0.29, 0.717) is 16.5 Å². The average molecular weight is 377 g/mol. The van der Waals surface area contributed by atoms with E-state index in [0.717, 1.165) is 5.56 Å². The number of halogens is 1. The summed E-state index contributed by atoms with van der Waals surface area (Å²) in [6.07, 6.45) is -0.980. The third-order valence-corrected chi connectivity index (χ3v) is 4.03. The number of benzene rings is 2. The zero-order valence-corrected chi connectivity index (χ0v) is 14.7. The second-order valence-electron chi connectivity index (χ2n) is 5.68. The summed E-state index contributed by atoms with van der Waals surface area (Å²) in [4.78, 5) is 24.3. The van der Waals surface area contributed by atoms with Gasteiger partial charge in [-0.3, -0.25) is 4.79 Å². The predicted octanol–water partition coefficient (Wildman–Crippen LogP) is 2.51. The number of nitrogens with two attached hydrogens (primary N) is 1. The lowest BCUT2D eigenvalue weighted by Gasteiger charge is -2.14. The van der Waals surface area contributed by atoms with Gasteiger partial charge in [0.1, 0.15) is 0 Å². The molecule has 0 radical (unpaired) electrons. The van der Waals surface area contributed by atoms with Crippen LogP contribution < -0.4 is 20.5 Å². The van der Waals surface area contributed by atoms with Crippen LogP contribution in [0.5, 0.6) is 11.5 Å². The molecule has 1 aliphatic rings. The Labute approximate surface area is 155 Å². The van der Waals surface area contributed by atoms with Crippen molar-refractivity contribution in [3.8, 4) is 11.5 Å². The van der Waals surface area contributed by atoms with E-state index in [1.54, 1.807) is 12.1 Å². The van der Waals surface area contributed by atoms with Gasteiger partial charge < -0.3 is 25.3 Å². The highest BCUT2D eigenvalue weighted by molar-refractivity contribution is 6.31. The van der Waals surface area contributed by atoms with Gasteiger partial charge in [-0.25, -0.2) is 4.79 Å². The lowest BCUT2D eigenvalue weighted by molar-refractivity contribution is -0.129. The lowest BCUT2D eigenvalue weighted by Crippen LogP contribution is -2.35. The minimum absolute atomic E-state index is 0.157. The van der Waals surface area contributed by atoms with Crippen molar-refractivity contribution in [3.05, 3.63) is 52.5 Å². The molecule has 0 saturated carbocycles. The zero-order chi connectivity index (χ0) is 18.7. The Hall–Kier alpha value is -2.93. The number of carbonyl (C=O) groups excluding carboxylic acids is 2. The van der Waals surface area contributed by atoms with E-state index < -0.39 is 18.0 Å². The third kappa shape index (κ3) is 4.00. The van der Waals surface area contributed by atoms with E-state index in [1.807, 2.05) is 6.07 Å². The van der Waals surface area contributed by atoms with Gasteiger partial charge in [0.05, 0.1) is 5.56 Å². The molecule has 26 heavy (non-hydrogen) atoms. The maximum atomic E-state index is 12.2. The van der Waals surface area contributed by atoms with Crippen molar-refractivity contribution in [2.75, 3.05) is 12.5 Å². The van der Waals surface area contributed by atoms with Gasteiger partial charge in [-0.2, -0.15) is 0 Å². The van der Waals surface area contributed by atoms with Crippen LogP contribution in [0.3, 0.4) is 0 Å². The van der Waals surface area contributed by atoms with E-state index in [4.69, 9.17) is 31.5 Å². The first-order valence-corrected chi connectivity index (χ1v) is 8.24. The number of esters is 1. The van der Waals surface area contributed by atoms with E-state index >= 15 is 0 Å². The molecule has 0 aromatic heterocycles. The van der Waals surface area contributed by atoms with E-state index in [9.17, 15) is 9.59 Å². The van der Waals surface area contributed by atoms with Crippen LogP contribution >= 0.6 is 11.6 Å². The summed E-state index contributed by atoms with van der Waals surface area (Å²) in [5, 5.41) is 3.12. The van der Waals surface area contributed by atoms with Crippen molar-refractivity contribution in [2.24, 2.45) is 0 Å². The smallest absolute Gasteiger partial charge is 0.341 e. The van der Waals surface area contributed by atoms with Gasteiger partial charge in [-0.05, 0) is 42.8 Å². The molecular weight excluding hydrogens is 360 g/mol. The van der Waals surface area contributed by atoms with Crippen LogP contribution in [0.2, 0.25) is 5.02 Å². The fourth-order valence-corrected chi connectivity index (χ4v) is 2.56. The quantitative estimate of drug-likeness (QED) is 0.614. The standard InChI is InChI=1S/C18H17ClN2O5/c1-10(26-18(23)13-4-3-12(19)7-14(13)20)17(22)21-8-11-2-5-15-16(6-11)25-9-24-15/h2-7,10H,8-9,20H2,1H3,(H,21,22)/t10-/m0/s1. The number of carbonyl (C=O) groups is 2. The largest absolute Gasteiger partial charge is 0.454 e. The van der Waals surface area contributed by atoms with Gasteiger partial charge in [0.25, 0.3) is 5.91 Å². The van der Waals surface area contributed by atoms with Gasteiger partial charge in [0.2, 0.25) is 6.79 Å². The summed E-state index contributed by atoms with van der Waals surface area (Å²) in [7, 11) is 0. The van der Waals surface area contributed by atoms with Gasteiger partial charge in [0.15, 0.2) is 17.6 Å². The van der Waals surface area contributed by atoms with Crippen LogP contribution in [0.25, 0.3) is 0 Å². The molecule has 2 aromatic carbocycles. The number of nitrogens with one attached hydrogen (secondary N) is 1. The molecule has 1 amide bonds. The molecule has 3 N–H and O–H groups in total. The van der Waals surface area contributed by atoms with Gasteiger partial charge in [0, 0.05) is 17.3 Å². The number of hydrogen-bond acceptors (Lipinski definition) is 6. The molecule has 0 fully saturated rings. The number of anilines is 1. The Morgan fingerprint density at radius 1 is 1.23 bits per heavy atom. The highest BCUT2D eigenvalue weighted by Crippen LogP contribution is 2.32. The molecule has 0 unspecified atom stereocenters. The molecule has 1 aliphatic heterocycles. The van der Waals surface area contributed by atoms with Crippen molar-refractivity contribution < 1.29 is 23.8 Å². The second-order valence-corrected chi connectivity index (χ2v) is 6.12. The third-order valence-electron chi connectivity index (χ3n) is 3.79. The van der Waals surface area contributed by atoms with E-state index in [-0.39, 0.29) is 24.6 Å². The molecule has 0 aliphatic carbocycles. The summed E-state index contributed by atoms with van der Waals surface area (Å²) < 4.78 is 15.7. The number of hydrogen-bond donors (Lipinski definition) is 2. The minimum Gasteiger partial charge on any atom is -0.454 e. The monoisotopic (exact) mass is 376 g/mol. The number of nitrogen functional groups attached to an aromatic ring is 1. The Balaban J connectivity index is 1.55. The number of amides is 1. The second kappa shape index (κ2) is 7.53. The zero-order valence-electron chi connectivity index (χ0n) is 14.0. The molecule has 8 heteroatoms. The number of ether oxygens (including phenoxy) is 3. The Morgan fingerprint density at radius 2 is 2.00 bits per heavy atom. The van der Waals surface area contributed by atoms with Crippen LogP contribution in [0.1, 0.15) is 22.8 Å². The van der Waals surface area contributed by atoms with Gasteiger partial charge in [-0.1, -0.05) is 17.7 Å². The molecule has 1 atom stereocenters. The fraction of sp³-hybridized carbons (Fsp3) is 0.222. The summed E-state index contributed by atoms with van der Waals surface area (Å²) in [6.45, 7) is 1.94. The maximum Gasteiger partial charge on any atom is 0.341 e. The fourth-order valence-electron chi connectivity index (χ4n) is 2.38. The van der Waals surface area contributed by atoms with Crippen LogP contribution in [0.4, 0.5) is 5.69 Å². The lowest BCUT2D eigenvalue weighted by atomic mass is 10.2. The molecule has 2 aromatic rings. The number of fused-ring (bicyclic) bond motifs is 1. The van der Waals surface area contributed by atoms with Gasteiger partial charge >= 0.3 is 5.97 Å². The highest BCUT2D eigenvalue weighted by Gasteiger charge is 2.21. The highest BCUT2D eigenvalue weighted by atomic mass is 35.5. The van der Waals surface area contributed by atoms with Crippen LogP contribution in [0, 0.1) is 0 Å². The Bertz CT molecular complexity index is 855. The topological polar surface area (TPSA) is 99.9 Å². The number of rotatable bonds is 5. The molecule has 0 bridgehead atoms. The average Bonchev–Trinajstić information content (AvgIpc) is 3.07. The summed E-state index contributed by atoms with van der Waals surface area (Å²) in [5.41, 5.74) is 6.93. The first-order chi connectivity index (χ1) is 12.4. The van der Waals surface area contributed by atoms with Crippen molar-refractivity contribution >= 4 is 29.2 Å². The van der Waals surface area contributed by atoms with E-state index in [1.165, 1.54) is 25.1 Å². The molecule has 3 rings (SSSR count).